The Morgan fingerprint density at radius 1 is 1.11 bits per heavy atom. The fourth-order valence-corrected chi connectivity index (χ4v) is 6.47. The molecule has 142 valence electrons. The molecule has 8 heteroatoms. The van der Waals surface area contributed by atoms with Crippen LogP contribution in [0.5, 0.6) is 0 Å². The highest BCUT2D eigenvalue weighted by atomic mass is 35.5. The number of rotatable bonds is 4. The molecule has 4 rings (SSSR count). The number of carbonyl (C=O) groups excluding carboxylic acids is 1. The normalized spacial score (nSPS) is 23.7. The lowest BCUT2D eigenvalue weighted by Gasteiger charge is -2.23. The zero-order valence-corrected chi connectivity index (χ0v) is 17.1. The molecule has 2 amide bonds. The van der Waals surface area contributed by atoms with Crippen molar-refractivity contribution in [1.82, 2.24) is 4.90 Å². The molecule has 0 saturated carbocycles. The average molecular weight is 423 g/mol. The molecule has 2 aromatic carbocycles. The molecule has 0 spiro atoms. The van der Waals surface area contributed by atoms with Crippen LogP contribution >= 0.6 is 23.4 Å². The number of sulfone groups is 1. The van der Waals surface area contributed by atoms with E-state index in [9.17, 15) is 13.2 Å². The summed E-state index contributed by atoms with van der Waals surface area (Å²) in [5.74, 6) is 0.00163. The molecule has 2 saturated heterocycles. The third-order valence-electron chi connectivity index (χ3n) is 5.05. The topological polar surface area (TPSA) is 57.7 Å². The van der Waals surface area contributed by atoms with Crippen LogP contribution in [0, 0.1) is 0 Å². The summed E-state index contributed by atoms with van der Waals surface area (Å²) < 4.78 is 24.6. The number of nitrogens with zero attached hydrogens (tertiary/aromatic N) is 2. The molecule has 2 heterocycles. The number of amides is 2. The first-order valence-electron chi connectivity index (χ1n) is 8.57. The van der Waals surface area contributed by atoms with Crippen molar-refractivity contribution in [1.29, 1.82) is 0 Å². The number of halogens is 1. The van der Waals surface area contributed by atoms with Gasteiger partial charge in [-0.2, -0.15) is 0 Å². The third kappa shape index (κ3) is 3.56. The summed E-state index contributed by atoms with van der Waals surface area (Å²) >= 11 is 7.66. The molecule has 2 aliphatic heterocycles. The molecule has 0 radical (unpaired) electrons. The number of hydrogen-bond acceptors (Lipinski definition) is 4. The number of hydrogen-bond donors (Lipinski definition) is 0. The molecule has 0 N–H and O–H groups in total. The molecular formula is C19H19ClN2O3S2. The Morgan fingerprint density at radius 3 is 2.59 bits per heavy atom. The number of carbonyl (C=O) groups is 1. The Balaban J connectivity index is 1.71. The second kappa shape index (κ2) is 7.04. The van der Waals surface area contributed by atoms with Gasteiger partial charge < -0.3 is 4.90 Å². The van der Waals surface area contributed by atoms with Gasteiger partial charge in [-0.1, -0.05) is 29.8 Å². The molecule has 5 nitrogen and oxygen atoms in total. The van der Waals surface area contributed by atoms with E-state index in [-0.39, 0.29) is 29.6 Å². The van der Waals surface area contributed by atoms with Gasteiger partial charge in [-0.15, -0.1) is 11.8 Å². The first-order valence-corrected chi connectivity index (χ1v) is 12.0. The molecule has 2 fully saturated rings. The van der Waals surface area contributed by atoms with Crippen molar-refractivity contribution in [2.24, 2.45) is 0 Å². The van der Waals surface area contributed by atoms with E-state index >= 15 is 0 Å². The second-order valence-corrected chi connectivity index (χ2v) is 10.3. The van der Waals surface area contributed by atoms with Crippen molar-refractivity contribution in [2.75, 3.05) is 22.7 Å². The monoisotopic (exact) mass is 422 g/mol. The van der Waals surface area contributed by atoms with Crippen LogP contribution in [-0.4, -0.2) is 49.2 Å². The summed E-state index contributed by atoms with van der Waals surface area (Å²) in [6.07, 6.45) is 1.97. The van der Waals surface area contributed by atoms with Crippen LogP contribution in [0.15, 0.2) is 53.4 Å². The quantitative estimate of drug-likeness (QED) is 0.557. The Kier molecular flexibility index (Phi) is 4.86. The summed E-state index contributed by atoms with van der Waals surface area (Å²) in [4.78, 5) is 17.6. The Hall–Kier alpha value is -1.70. The van der Waals surface area contributed by atoms with Crippen LogP contribution in [0.3, 0.4) is 0 Å². The van der Waals surface area contributed by atoms with Crippen LogP contribution in [0.25, 0.3) is 0 Å². The van der Waals surface area contributed by atoms with E-state index in [0.717, 1.165) is 16.1 Å². The van der Waals surface area contributed by atoms with Gasteiger partial charge in [0.15, 0.2) is 9.84 Å². The number of urea groups is 1. The van der Waals surface area contributed by atoms with E-state index in [2.05, 4.69) is 0 Å². The first kappa shape index (κ1) is 18.7. The predicted octanol–water partition coefficient (Wildman–Crippen LogP) is 3.67. The van der Waals surface area contributed by atoms with Gasteiger partial charge >= 0.3 is 6.03 Å². The largest absolute Gasteiger partial charge is 0.325 e. The Labute approximate surface area is 168 Å². The maximum absolute atomic E-state index is 13.2. The minimum atomic E-state index is -3.19. The standard InChI is InChI=1S/C19H19ClN2O3S2/c1-26-16-7-3-6-15(9-16)22-18-12-27(24,25)11-17(18)21(19(22)23)10-13-4-2-5-14(20)8-13/h2-9,17-18H,10-12H2,1H3/t17-,18+/m1/s1. The highest BCUT2D eigenvalue weighted by molar-refractivity contribution is 7.98. The number of thioether (sulfide) groups is 1. The van der Waals surface area contributed by atoms with Gasteiger partial charge in [0.25, 0.3) is 0 Å². The first-order chi connectivity index (χ1) is 12.9. The molecule has 0 aromatic heterocycles. The molecule has 2 aromatic rings. The van der Waals surface area contributed by atoms with E-state index in [1.807, 2.05) is 48.7 Å². The SMILES string of the molecule is CSc1cccc(N2C(=O)N(Cc3cccc(Cl)c3)[C@@H]3CS(=O)(=O)C[C@@H]32)c1. The summed E-state index contributed by atoms with van der Waals surface area (Å²) in [7, 11) is -3.19. The lowest BCUT2D eigenvalue weighted by molar-refractivity contribution is 0.206. The molecule has 0 unspecified atom stereocenters. The van der Waals surface area contributed by atoms with Gasteiger partial charge in [-0.25, -0.2) is 13.2 Å². The minimum Gasteiger partial charge on any atom is -0.314 e. The van der Waals surface area contributed by atoms with Crippen molar-refractivity contribution in [2.45, 2.75) is 23.5 Å². The van der Waals surface area contributed by atoms with Crippen LogP contribution in [0.1, 0.15) is 5.56 Å². The maximum Gasteiger partial charge on any atom is 0.325 e. The minimum absolute atomic E-state index is 0.00104. The Bertz CT molecular complexity index is 996. The van der Waals surface area contributed by atoms with Crippen LogP contribution in [0.4, 0.5) is 10.5 Å². The smallest absolute Gasteiger partial charge is 0.314 e. The van der Waals surface area contributed by atoms with E-state index in [1.54, 1.807) is 27.6 Å². The molecule has 2 atom stereocenters. The number of benzene rings is 2. The van der Waals surface area contributed by atoms with Gasteiger partial charge in [-0.3, -0.25) is 4.90 Å². The third-order valence-corrected chi connectivity index (χ3v) is 7.71. The highest BCUT2D eigenvalue weighted by Crippen LogP contribution is 2.37. The summed E-state index contributed by atoms with van der Waals surface area (Å²) in [6, 6.07) is 14.1. The Morgan fingerprint density at radius 2 is 1.85 bits per heavy atom. The van der Waals surface area contributed by atoms with Gasteiger partial charge in [-0.05, 0) is 42.2 Å². The van der Waals surface area contributed by atoms with Gasteiger partial charge in [0.2, 0.25) is 0 Å². The molecule has 0 bridgehead atoms. The molecular weight excluding hydrogens is 404 g/mol. The van der Waals surface area contributed by atoms with Crippen LogP contribution in [-0.2, 0) is 16.4 Å². The fraction of sp³-hybridized carbons (Fsp3) is 0.316. The zero-order valence-electron chi connectivity index (χ0n) is 14.7. The van der Waals surface area contributed by atoms with E-state index in [1.165, 1.54) is 0 Å². The van der Waals surface area contributed by atoms with Crippen molar-refractivity contribution >= 4 is 44.9 Å². The molecule has 2 aliphatic rings. The summed E-state index contributed by atoms with van der Waals surface area (Å²) in [6.45, 7) is 0.342. The van der Waals surface area contributed by atoms with Gasteiger partial charge in [0.1, 0.15) is 0 Å². The second-order valence-electron chi connectivity index (χ2n) is 6.82. The van der Waals surface area contributed by atoms with Crippen molar-refractivity contribution in [3.63, 3.8) is 0 Å². The lowest BCUT2D eigenvalue weighted by Crippen LogP contribution is -2.37. The number of fused-ring (bicyclic) bond motifs is 1. The summed E-state index contributed by atoms with van der Waals surface area (Å²) in [5.41, 5.74) is 1.63. The van der Waals surface area contributed by atoms with Crippen molar-refractivity contribution < 1.29 is 13.2 Å². The fourth-order valence-electron chi connectivity index (χ4n) is 3.86. The van der Waals surface area contributed by atoms with Gasteiger partial charge in [0, 0.05) is 22.2 Å². The number of anilines is 1. The molecule has 27 heavy (non-hydrogen) atoms. The molecule has 0 aliphatic carbocycles. The van der Waals surface area contributed by atoms with Gasteiger partial charge in [0.05, 0.1) is 23.6 Å². The van der Waals surface area contributed by atoms with Crippen molar-refractivity contribution in [3.8, 4) is 0 Å². The van der Waals surface area contributed by atoms with Crippen LogP contribution < -0.4 is 4.90 Å². The lowest BCUT2D eigenvalue weighted by atomic mass is 10.1. The summed E-state index contributed by atoms with van der Waals surface area (Å²) in [5, 5.41) is 0.597. The van der Waals surface area contributed by atoms with E-state index in [0.29, 0.717) is 11.6 Å². The maximum atomic E-state index is 13.2. The van der Waals surface area contributed by atoms with E-state index in [4.69, 9.17) is 11.6 Å². The average Bonchev–Trinajstić information content (AvgIpc) is 3.06. The zero-order chi connectivity index (χ0) is 19.2. The predicted molar refractivity (Wildman–Crippen MR) is 109 cm³/mol. The highest BCUT2D eigenvalue weighted by Gasteiger charge is 2.53. The van der Waals surface area contributed by atoms with E-state index < -0.39 is 9.84 Å². The van der Waals surface area contributed by atoms with Crippen LogP contribution in [0.2, 0.25) is 5.02 Å². The van der Waals surface area contributed by atoms with Crippen molar-refractivity contribution in [3.05, 3.63) is 59.1 Å².